The van der Waals surface area contributed by atoms with E-state index >= 15 is 0 Å². The Balaban J connectivity index is 1.79. The third kappa shape index (κ3) is 9.82. The van der Waals surface area contributed by atoms with E-state index in [4.69, 9.17) is 23.3 Å². The molecule has 2 atom stereocenters. The van der Waals surface area contributed by atoms with Gasteiger partial charge in [-0.1, -0.05) is 0 Å². The Morgan fingerprint density at radius 1 is 1.08 bits per heavy atom. The summed E-state index contributed by atoms with van der Waals surface area (Å²) in [5, 5.41) is 2.31. The molecule has 0 aliphatic heterocycles. The van der Waals surface area contributed by atoms with Gasteiger partial charge in [0.2, 0.25) is 0 Å². The number of rotatable bonds is 15. The van der Waals surface area contributed by atoms with Gasteiger partial charge < -0.3 is 23.3 Å². The van der Waals surface area contributed by atoms with Gasteiger partial charge in [-0.2, -0.15) is 0 Å². The van der Waals surface area contributed by atoms with Gasteiger partial charge in [0.05, 0.1) is 36.8 Å². The maximum atomic E-state index is 13.2. The molecule has 1 unspecified atom stereocenters. The van der Waals surface area contributed by atoms with Crippen LogP contribution in [-0.2, 0) is 41.2 Å². The summed E-state index contributed by atoms with van der Waals surface area (Å²) in [6.45, 7) is 5.59. The summed E-state index contributed by atoms with van der Waals surface area (Å²) in [5.41, 5.74) is 0.902. The van der Waals surface area contributed by atoms with Crippen molar-refractivity contribution in [1.82, 2.24) is 4.98 Å². The minimum Gasteiger partial charge on any atom is -0.488 e. The van der Waals surface area contributed by atoms with Crippen LogP contribution in [0.5, 0.6) is 17.2 Å². The summed E-state index contributed by atoms with van der Waals surface area (Å²) in [6, 6.07) is 10.8. The number of ether oxygens (including phenoxy) is 3. The van der Waals surface area contributed by atoms with Crippen LogP contribution in [-0.4, -0.2) is 58.5 Å². The third-order valence-corrected chi connectivity index (χ3v) is 8.50. The Hall–Kier alpha value is -2.60. The van der Waals surface area contributed by atoms with Crippen LogP contribution in [0.3, 0.4) is 0 Å². The zero-order chi connectivity index (χ0) is 28.6. The average molecular weight is 598 g/mol. The predicted octanol–water partition coefficient (Wildman–Crippen LogP) is 5.55. The maximum Gasteiger partial charge on any atom is 0.327 e. The Kier molecular flexibility index (Phi) is 10.8. The monoisotopic (exact) mass is 597 g/mol. The number of thiazole rings is 1. The van der Waals surface area contributed by atoms with E-state index in [0.29, 0.717) is 40.1 Å². The van der Waals surface area contributed by atoms with Crippen molar-refractivity contribution in [2.75, 3.05) is 33.2 Å². The van der Waals surface area contributed by atoms with Crippen LogP contribution in [0.15, 0.2) is 52.7 Å². The van der Waals surface area contributed by atoms with Gasteiger partial charge >= 0.3 is 7.60 Å². The zero-order valence-electron chi connectivity index (χ0n) is 22.4. The van der Waals surface area contributed by atoms with Crippen molar-refractivity contribution < 1.29 is 41.0 Å². The number of carbonyl (C=O) groups excluding carboxylic acids is 1. The SMILES string of the molecule is CCOP(C)(=O)OCc1csc(CC(=O)c2cc(Oc3ccc(S(C)(=O)=O)cc3)cc(O[C@@H](C)COC)c2)n1. The van der Waals surface area contributed by atoms with Crippen molar-refractivity contribution in [1.29, 1.82) is 0 Å². The van der Waals surface area contributed by atoms with Crippen molar-refractivity contribution in [3.8, 4) is 17.2 Å². The van der Waals surface area contributed by atoms with E-state index in [1.54, 1.807) is 49.7 Å². The van der Waals surface area contributed by atoms with Gasteiger partial charge in [0, 0.05) is 37.0 Å². The number of nitrogens with zero attached hydrogens (tertiary/aromatic N) is 1. The number of carbonyl (C=O) groups is 1. The van der Waals surface area contributed by atoms with Crippen LogP contribution >= 0.6 is 18.9 Å². The number of ketones is 1. The molecule has 0 spiro atoms. The Bertz CT molecular complexity index is 1420. The molecule has 3 rings (SSSR count). The fourth-order valence-corrected chi connectivity index (χ4v) is 5.76. The Morgan fingerprint density at radius 2 is 1.77 bits per heavy atom. The molecule has 0 saturated heterocycles. The number of benzene rings is 2. The number of hydrogen-bond donors (Lipinski definition) is 0. The Morgan fingerprint density at radius 3 is 2.41 bits per heavy atom. The van der Waals surface area contributed by atoms with Crippen LogP contribution in [0.4, 0.5) is 0 Å². The van der Waals surface area contributed by atoms with E-state index in [1.807, 2.05) is 6.92 Å². The summed E-state index contributed by atoms with van der Waals surface area (Å²) >= 11 is 1.30. The molecular weight excluding hydrogens is 565 g/mol. The first-order valence-corrected chi connectivity index (χ1v) is 16.8. The smallest absolute Gasteiger partial charge is 0.327 e. The molecule has 10 nitrogen and oxygen atoms in total. The summed E-state index contributed by atoms with van der Waals surface area (Å²) < 4.78 is 63.1. The summed E-state index contributed by atoms with van der Waals surface area (Å²) in [5.74, 6) is 0.938. The van der Waals surface area contributed by atoms with Gasteiger partial charge in [-0.05, 0) is 50.2 Å². The fourth-order valence-electron chi connectivity index (χ4n) is 3.44. The molecule has 0 radical (unpaired) electrons. The molecule has 0 amide bonds. The molecular formula is C26H32NO9PS2. The number of hydrogen-bond acceptors (Lipinski definition) is 11. The lowest BCUT2D eigenvalue weighted by molar-refractivity contribution is 0.0914. The molecule has 3 aromatic rings. The van der Waals surface area contributed by atoms with Crippen LogP contribution in [0.1, 0.15) is 34.9 Å². The highest BCUT2D eigenvalue weighted by Gasteiger charge is 2.19. The van der Waals surface area contributed by atoms with Crippen molar-refractivity contribution in [3.05, 3.63) is 64.1 Å². The third-order valence-electron chi connectivity index (χ3n) is 5.15. The average Bonchev–Trinajstić information content (AvgIpc) is 3.30. The topological polar surface area (TPSA) is 127 Å². The molecule has 2 aromatic carbocycles. The molecule has 212 valence electrons. The second kappa shape index (κ2) is 13.6. The van der Waals surface area contributed by atoms with Crippen LogP contribution in [0.25, 0.3) is 0 Å². The predicted molar refractivity (Wildman–Crippen MR) is 148 cm³/mol. The molecule has 39 heavy (non-hydrogen) atoms. The molecule has 1 aromatic heterocycles. The first-order chi connectivity index (χ1) is 18.4. The highest BCUT2D eigenvalue weighted by molar-refractivity contribution is 7.90. The molecule has 1 heterocycles. The normalized spacial score (nSPS) is 14.0. The standard InChI is InChI=1S/C26H32NO9PS2/c1-6-33-37(4,29)34-16-20-17-38-26(27-20)14-25(28)19-11-22(35-18(2)15-32-3)13-23(12-19)36-21-7-9-24(10-8-21)39(5,30)31/h7-13,17-18H,6,14-16H2,1-5H3/t18-,37?/m0/s1. The van der Waals surface area contributed by atoms with Crippen LogP contribution < -0.4 is 9.47 Å². The van der Waals surface area contributed by atoms with E-state index in [9.17, 15) is 17.8 Å². The first kappa shape index (κ1) is 30.9. The van der Waals surface area contributed by atoms with E-state index in [2.05, 4.69) is 4.98 Å². The fraction of sp³-hybridized carbons (Fsp3) is 0.385. The molecule has 0 aliphatic carbocycles. The summed E-state index contributed by atoms with van der Waals surface area (Å²) in [4.78, 5) is 17.8. The summed E-state index contributed by atoms with van der Waals surface area (Å²) in [6.07, 6.45) is 0.874. The second-order valence-corrected chi connectivity index (χ2v) is 13.7. The molecule has 0 fully saturated rings. The van der Waals surface area contributed by atoms with Crippen molar-refractivity contribution in [3.63, 3.8) is 0 Å². The van der Waals surface area contributed by atoms with Gasteiger partial charge in [-0.15, -0.1) is 11.3 Å². The van der Waals surface area contributed by atoms with Crippen molar-refractivity contribution in [2.24, 2.45) is 0 Å². The van der Waals surface area contributed by atoms with Crippen LogP contribution in [0, 0.1) is 0 Å². The summed E-state index contributed by atoms with van der Waals surface area (Å²) in [7, 11) is -4.94. The number of aromatic nitrogens is 1. The highest BCUT2D eigenvalue weighted by Crippen LogP contribution is 2.44. The first-order valence-electron chi connectivity index (χ1n) is 12.0. The highest BCUT2D eigenvalue weighted by atomic mass is 32.2. The van der Waals surface area contributed by atoms with E-state index in [1.165, 1.54) is 30.1 Å². The van der Waals surface area contributed by atoms with Gasteiger partial charge in [0.1, 0.15) is 28.4 Å². The lowest BCUT2D eigenvalue weighted by Crippen LogP contribution is -2.18. The van der Waals surface area contributed by atoms with Gasteiger partial charge in [-0.25, -0.2) is 13.4 Å². The largest absolute Gasteiger partial charge is 0.488 e. The van der Waals surface area contributed by atoms with Gasteiger partial charge in [-0.3, -0.25) is 9.36 Å². The molecule has 0 saturated carbocycles. The molecule has 0 aliphatic rings. The lowest BCUT2D eigenvalue weighted by Gasteiger charge is -2.16. The number of sulfone groups is 1. The lowest BCUT2D eigenvalue weighted by atomic mass is 10.1. The van der Waals surface area contributed by atoms with Gasteiger partial charge in [0.25, 0.3) is 0 Å². The van der Waals surface area contributed by atoms with Crippen LogP contribution in [0.2, 0.25) is 0 Å². The molecule has 0 N–H and O–H groups in total. The molecule has 0 bridgehead atoms. The van der Waals surface area contributed by atoms with Crippen molar-refractivity contribution >= 4 is 34.6 Å². The maximum absolute atomic E-state index is 13.2. The van der Waals surface area contributed by atoms with E-state index in [0.717, 1.165) is 6.26 Å². The van der Waals surface area contributed by atoms with E-state index in [-0.39, 0.29) is 36.4 Å². The number of Topliss-reactive ketones (excluding diaryl/α,β-unsaturated/α-hetero) is 1. The van der Waals surface area contributed by atoms with E-state index < -0.39 is 17.4 Å². The van der Waals surface area contributed by atoms with Crippen molar-refractivity contribution in [2.45, 2.75) is 37.9 Å². The minimum atomic E-state index is -3.34. The van der Waals surface area contributed by atoms with Gasteiger partial charge in [0.15, 0.2) is 15.6 Å². The quantitative estimate of drug-likeness (QED) is 0.162. The zero-order valence-corrected chi connectivity index (χ0v) is 24.9. The Labute approximate surface area is 232 Å². The molecule has 13 heteroatoms. The number of methoxy groups -OCH3 is 1. The second-order valence-electron chi connectivity index (χ2n) is 8.72. The minimum absolute atomic E-state index is 0.00922.